The Kier molecular flexibility index (Phi) is 5.47. The molecule has 2 N–H and O–H groups in total. The van der Waals surface area contributed by atoms with Crippen LogP contribution in [0, 0.1) is 0 Å². The maximum absolute atomic E-state index is 12.5. The number of anilines is 1. The lowest BCUT2D eigenvalue weighted by Crippen LogP contribution is -2.28. The Morgan fingerprint density at radius 3 is 2.20 bits per heavy atom. The minimum atomic E-state index is -0.986. The lowest BCUT2D eigenvalue weighted by atomic mass is 9.85. The number of hydrogen-bond acceptors (Lipinski definition) is 3. The van der Waals surface area contributed by atoms with Crippen LogP contribution >= 0.6 is 0 Å². The van der Waals surface area contributed by atoms with Crippen molar-refractivity contribution in [3.05, 3.63) is 59.7 Å². The summed E-state index contributed by atoms with van der Waals surface area (Å²) in [6.07, 6.45) is -0.0357. The Morgan fingerprint density at radius 2 is 1.64 bits per heavy atom. The van der Waals surface area contributed by atoms with Crippen LogP contribution in [0.15, 0.2) is 48.5 Å². The highest BCUT2D eigenvalue weighted by molar-refractivity contribution is 6.06. The van der Waals surface area contributed by atoms with Crippen LogP contribution in [-0.4, -0.2) is 23.1 Å². The van der Waals surface area contributed by atoms with Crippen molar-refractivity contribution in [2.24, 2.45) is 0 Å². The number of amides is 1. The summed E-state index contributed by atoms with van der Waals surface area (Å²) in [4.78, 5) is 23.8. The summed E-state index contributed by atoms with van der Waals surface area (Å²) >= 11 is 0. The number of carboxylic acid groups (broad SMARTS) is 1. The number of carboxylic acids is 1. The zero-order valence-corrected chi connectivity index (χ0v) is 14.9. The van der Waals surface area contributed by atoms with E-state index in [-0.39, 0.29) is 12.0 Å². The van der Waals surface area contributed by atoms with Gasteiger partial charge >= 0.3 is 5.97 Å². The molecule has 2 rings (SSSR count). The molecule has 2 aromatic rings. The molecule has 0 saturated heterocycles. The van der Waals surface area contributed by atoms with Crippen molar-refractivity contribution in [2.75, 3.05) is 5.32 Å². The van der Waals surface area contributed by atoms with E-state index in [0.29, 0.717) is 22.6 Å². The maximum Gasteiger partial charge on any atom is 0.313 e. The number of carbonyl (C=O) groups excluding carboxylic acids is 1. The molecule has 5 nitrogen and oxygen atoms in total. The van der Waals surface area contributed by atoms with E-state index in [2.05, 4.69) is 5.32 Å². The van der Waals surface area contributed by atoms with Gasteiger partial charge in [-0.3, -0.25) is 9.59 Å². The van der Waals surface area contributed by atoms with Gasteiger partial charge in [0, 0.05) is 5.69 Å². The number of para-hydroxylation sites is 1. The minimum Gasteiger partial charge on any atom is -0.490 e. The van der Waals surface area contributed by atoms with Gasteiger partial charge in [-0.25, -0.2) is 0 Å². The number of aliphatic carboxylic acids is 1. The highest BCUT2D eigenvalue weighted by Crippen LogP contribution is 2.26. The zero-order chi connectivity index (χ0) is 18.6. The molecule has 2 aromatic carbocycles. The van der Waals surface area contributed by atoms with E-state index in [0.717, 1.165) is 0 Å². The van der Waals surface area contributed by atoms with E-state index in [1.54, 1.807) is 56.3 Å². The monoisotopic (exact) mass is 341 g/mol. The van der Waals surface area contributed by atoms with Gasteiger partial charge in [0.2, 0.25) is 0 Å². The van der Waals surface area contributed by atoms with E-state index in [1.807, 2.05) is 19.9 Å². The minimum absolute atomic E-state index is 0.0357. The average molecular weight is 341 g/mol. The Bertz CT molecular complexity index is 764. The van der Waals surface area contributed by atoms with Crippen molar-refractivity contribution in [1.29, 1.82) is 0 Å². The largest absolute Gasteiger partial charge is 0.490 e. The normalized spacial score (nSPS) is 11.2. The molecule has 0 bridgehead atoms. The topological polar surface area (TPSA) is 75.6 Å². The SMILES string of the molecule is CC(C)Oc1ccccc1C(=O)Nc1ccc(C(C)(C)C(=O)O)cc1. The van der Waals surface area contributed by atoms with Crippen molar-refractivity contribution in [3.8, 4) is 5.75 Å². The fraction of sp³-hybridized carbons (Fsp3) is 0.300. The van der Waals surface area contributed by atoms with Crippen LogP contribution in [0.1, 0.15) is 43.6 Å². The molecular formula is C20H23NO4. The van der Waals surface area contributed by atoms with Crippen LogP contribution in [-0.2, 0) is 10.2 Å². The number of hydrogen-bond donors (Lipinski definition) is 2. The Labute approximate surface area is 147 Å². The van der Waals surface area contributed by atoms with E-state index in [4.69, 9.17) is 4.74 Å². The maximum atomic E-state index is 12.5. The molecule has 1 amide bonds. The molecule has 0 saturated carbocycles. The van der Waals surface area contributed by atoms with Crippen molar-refractivity contribution < 1.29 is 19.4 Å². The molecule has 0 unspecified atom stereocenters. The summed E-state index contributed by atoms with van der Waals surface area (Å²) < 4.78 is 5.67. The smallest absolute Gasteiger partial charge is 0.313 e. The average Bonchev–Trinajstić information content (AvgIpc) is 2.55. The summed E-state index contributed by atoms with van der Waals surface area (Å²) in [7, 11) is 0. The Morgan fingerprint density at radius 1 is 1.04 bits per heavy atom. The third-order valence-corrected chi connectivity index (χ3v) is 3.89. The Hall–Kier alpha value is -2.82. The second-order valence-corrected chi connectivity index (χ2v) is 6.62. The van der Waals surface area contributed by atoms with Crippen LogP contribution in [0.25, 0.3) is 0 Å². The van der Waals surface area contributed by atoms with Gasteiger partial charge in [-0.2, -0.15) is 0 Å². The summed E-state index contributed by atoms with van der Waals surface area (Å²) in [6, 6.07) is 13.9. The highest BCUT2D eigenvalue weighted by Gasteiger charge is 2.29. The van der Waals surface area contributed by atoms with E-state index in [1.165, 1.54) is 0 Å². The standard InChI is InChI=1S/C20H23NO4/c1-13(2)25-17-8-6-5-7-16(17)18(22)21-15-11-9-14(10-12-15)20(3,4)19(23)24/h5-13H,1-4H3,(H,21,22)(H,23,24). The molecule has 0 fully saturated rings. The molecular weight excluding hydrogens is 318 g/mol. The third-order valence-electron chi connectivity index (χ3n) is 3.89. The zero-order valence-electron chi connectivity index (χ0n) is 14.9. The fourth-order valence-corrected chi connectivity index (χ4v) is 2.30. The predicted molar refractivity (Wildman–Crippen MR) is 97.3 cm³/mol. The molecule has 0 aliphatic carbocycles. The number of rotatable bonds is 6. The first-order chi connectivity index (χ1) is 11.7. The highest BCUT2D eigenvalue weighted by atomic mass is 16.5. The van der Waals surface area contributed by atoms with Crippen molar-refractivity contribution in [1.82, 2.24) is 0 Å². The number of ether oxygens (including phenoxy) is 1. The fourth-order valence-electron chi connectivity index (χ4n) is 2.30. The van der Waals surface area contributed by atoms with Gasteiger partial charge in [0.15, 0.2) is 0 Å². The predicted octanol–water partition coefficient (Wildman–Crippen LogP) is 4.09. The molecule has 0 aliphatic rings. The van der Waals surface area contributed by atoms with Crippen molar-refractivity contribution in [3.63, 3.8) is 0 Å². The molecule has 0 aromatic heterocycles. The van der Waals surface area contributed by atoms with Crippen LogP contribution < -0.4 is 10.1 Å². The van der Waals surface area contributed by atoms with E-state index in [9.17, 15) is 14.7 Å². The molecule has 0 aliphatic heterocycles. The van der Waals surface area contributed by atoms with Gasteiger partial charge in [-0.15, -0.1) is 0 Å². The van der Waals surface area contributed by atoms with E-state index >= 15 is 0 Å². The van der Waals surface area contributed by atoms with Gasteiger partial charge in [-0.1, -0.05) is 24.3 Å². The first-order valence-corrected chi connectivity index (χ1v) is 8.13. The van der Waals surface area contributed by atoms with Crippen LogP contribution in [0.2, 0.25) is 0 Å². The van der Waals surface area contributed by atoms with Crippen molar-refractivity contribution in [2.45, 2.75) is 39.2 Å². The molecule has 0 heterocycles. The molecule has 25 heavy (non-hydrogen) atoms. The van der Waals surface area contributed by atoms with Gasteiger partial charge in [-0.05, 0) is 57.5 Å². The van der Waals surface area contributed by atoms with Gasteiger partial charge in [0.25, 0.3) is 5.91 Å². The first kappa shape index (κ1) is 18.5. The second kappa shape index (κ2) is 7.38. The van der Waals surface area contributed by atoms with Gasteiger partial charge in [0.05, 0.1) is 17.1 Å². The van der Waals surface area contributed by atoms with E-state index < -0.39 is 11.4 Å². The summed E-state index contributed by atoms with van der Waals surface area (Å²) in [5.74, 6) is -0.649. The van der Waals surface area contributed by atoms with Crippen LogP contribution in [0.5, 0.6) is 5.75 Å². The molecule has 0 atom stereocenters. The van der Waals surface area contributed by atoms with Gasteiger partial charge < -0.3 is 15.2 Å². The molecule has 132 valence electrons. The number of benzene rings is 2. The third kappa shape index (κ3) is 4.38. The quantitative estimate of drug-likeness (QED) is 0.830. The molecule has 5 heteroatoms. The second-order valence-electron chi connectivity index (χ2n) is 6.62. The summed E-state index contributed by atoms with van der Waals surface area (Å²) in [6.45, 7) is 7.08. The summed E-state index contributed by atoms with van der Waals surface area (Å²) in [5, 5.41) is 12.1. The lowest BCUT2D eigenvalue weighted by molar-refractivity contribution is -0.142. The number of nitrogens with one attached hydrogen (secondary N) is 1. The lowest BCUT2D eigenvalue weighted by Gasteiger charge is -2.20. The molecule has 0 radical (unpaired) electrons. The summed E-state index contributed by atoms with van der Waals surface area (Å²) in [5.41, 5.74) is 0.724. The first-order valence-electron chi connectivity index (χ1n) is 8.13. The van der Waals surface area contributed by atoms with Crippen LogP contribution in [0.3, 0.4) is 0 Å². The van der Waals surface area contributed by atoms with Crippen molar-refractivity contribution >= 4 is 17.6 Å². The Balaban J connectivity index is 2.18. The number of carbonyl (C=O) groups is 2. The molecule has 0 spiro atoms. The van der Waals surface area contributed by atoms with Gasteiger partial charge in [0.1, 0.15) is 5.75 Å². The van der Waals surface area contributed by atoms with Crippen LogP contribution in [0.4, 0.5) is 5.69 Å².